The van der Waals surface area contributed by atoms with Crippen LogP contribution in [0.5, 0.6) is 0 Å². The van der Waals surface area contributed by atoms with E-state index in [1.807, 2.05) is 0 Å². The molecule has 5 N–H and O–H groups in total. The summed E-state index contributed by atoms with van der Waals surface area (Å²) in [5.41, 5.74) is 11.2. The Morgan fingerprint density at radius 3 is 2.18 bits per heavy atom. The van der Waals surface area contributed by atoms with Crippen LogP contribution in [-0.4, -0.2) is 28.2 Å². The molecule has 91 valence electrons. The molecule has 0 aliphatic rings. The van der Waals surface area contributed by atoms with Crippen LogP contribution in [0.3, 0.4) is 0 Å². The van der Waals surface area contributed by atoms with E-state index in [0.717, 1.165) is 0 Å². The molecule has 2 unspecified atom stereocenters. The van der Waals surface area contributed by atoms with Gasteiger partial charge in [-0.2, -0.15) is 0 Å². The fourth-order valence-electron chi connectivity index (χ4n) is 1.59. The van der Waals surface area contributed by atoms with Crippen LogP contribution in [0, 0.1) is 6.92 Å². The molecule has 1 radical (unpaired) electrons. The molecule has 0 saturated heterocycles. The Balaban J connectivity index is 3.17. The molecule has 3 amide bonds. The fourth-order valence-corrected chi connectivity index (χ4v) is 1.59. The molecule has 0 spiro atoms. The van der Waals surface area contributed by atoms with Crippen LogP contribution in [0.1, 0.15) is 11.6 Å². The highest BCUT2D eigenvalue weighted by molar-refractivity contribution is 5.89. The molecule has 1 aromatic rings. The van der Waals surface area contributed by atoms with Gasteiger partial charge in [0, 0.05) is 6.04 Å². The third-order valence-corrected chi connectivity index (χ3v) is 2.27. The summed E-state index contributed by atoms with van der Waals surface area (Å²) in [5.74, 6) is 0. The Labute approximate surface area is 98.8 Å². The topological polar surface area (TPSA) is 110 Å². The Bertz CT molecular complexity index is 392. The number of rotatable bonds is 3. The third-order valence-electron chi connectivity index (χ3n) is 2.27. The number of amides is 3. The van der Waals surface area contributed by atoms with Crippen molar-refractivity contribution in [2.24, 2.45) is 11.5 Å². The zero-order valence-corrected chi connectivity index (χ0v) is 9.11. The third kappa shape index (κ3) is 2.94. The van der Waals surface area contributed by atoms with Gasteiger partial charge in [-0.25, -0.2) is 14.5 Å². The Morgan fingerprint density at radius 2 is 1.82 bits per heavy atom. The van der Waals surface area contributed by atoms with E-state index in [9.17, 15) is 9.59 Å². The standard InChI is InChI=1S/C11H14N3O3/c1-7(12)9(8-5-3-2-4-6-8)14(10(13)15)11(16)17/h2-7,9H,1,12H2,(H2,13,15)(H,16,17). The van der Waals surface area contributed by atoms with Gasteiger partial charge in [-0.15, -0.1) is 0 Å². The number of carboxylic acid groups (broad SMARTS) is 1. The van der Waals surface area contributed by atoms with Gasteiger partial charge in [0.2, 0.25) is 0 Å². The number of urea groups is 1. The number of carbonyl (C=O) groups is 2. The fraction of sp³-hybridized carbons (Fsp3) is 0.182. The second kappa shape index (κ2) is 5.31. The van der Waals surface area contributed by atoms with Crippen molar-refractivity contribution in [3.63, 3.8) is 0 Å². The molecule has 0 heterocycles. The van der Waals surface area contributed by atoms with Gasteiger partial charge in [0.1, 0.15) is 0 Å². The molecule has 0 aliphatic heterocycles. The summed E-state index contributed by atoms with van der Waals surface area (Å²) in [4.78, 5) is 22.6. The Hall–Kier alpha value is -2.08. The van der Waals surface area contributed by atoms with Gasteiger partial charge in [0.15, 0.2) is 0 Å². The van der Waals surface area contributed by atoms with Crippen molar-refractivity contribution in [3.05, 3.63) is 42.8 Å². The Kier molecular flexibility index (Phi) is 4.06. The minimum atomic E-state index is -1.45. The molecular weight excluding hydrogens is 222 g/mol. The smallest absolute Gasteiger partial charge is 0.416 e. The van der Waals surface area contributed by atoms with E-state index in [0.29, 0.717) is 10.5 Å². The summed E-state index contributed by atoms with van der Waals surface area (Å²) in [6, 6.07) is 5.74. The van der Waals surface area contributed by atoms with Gasteiger partial charge >= 0.3 is 12.1 Å². The summed E-state index contributed by atoms with van der Waals surface area (Å²) in [7, 11) is 0. The lowest BCUT2D eigenvalue weighted by molar-refractivity contribution is 0.132. The first kappa shape index (κ1) is 13.0. The molecule has 0 aromatic heterocycles. The first-order valence-corrected chi connectivity index (χ1v) is 4.90. The number of nitrogens with two attached hydrogens (primary N) is 2. The second-order valence-electron chi connectivity index (χ2n) is 3.51. The summed E-state index contributed by atoms with van der Waals surface area (Å²) in [6.45, 7) is 3.57. The highest BCUT2D eigenvalue weighted by Crippen LogP contribution is 2.23. The lowest BCUT2D eigenvalue weighted by Crippen LogP contribution is -2.48. The van der Waals surface area contributed by atoms with Crippen molar-refractivity contribution < 1.29 is 14.7 Å². The monoisotopic (exact) mass is 236 g/mol. The maximum Gasteiger partial charge on any atom is 0.416 e. The van der Waals surface area contributed by atoms with Gasteiger partial charge < -0.3 is 16.6 Å². The van der Waals surface area contributed by atoms with Crippen molar-refractivity contribution >= 4 is 12.1 Å². The molecule has 0 saturated carbocycles. The van der Waals surface area contributed by atoms with E-state index < -0.39 is 24.2 Å². The molecule has 0 bridgehead atoms. The van der Waals surface area contributed by atoms with Crippen molar-refractivity contribution in [1.29, 1.82) is 0 Å². The summed E-state index contributed by atoms with van der Waals surface area (Å²) >= 11 is 0. The van der Waals surface area contributed by atoms with Crippen molar-refractivity contribution in [2.75, 3.05) is 0 Å². The van der Waals surface area contributed by atoms with Crippen molar-refractivity contribution in [1.82, 2.24) is 4.90 Å². The average Bonchev–Trinajstić information content (AvgIpc) is 2.25. The highest BCUT2D eigenvalue weighted by Gasteiger charge is 2.31. The second-order valence-corrected chi connectivity index (χ2v) is 3.51. The van der Waals surface area contributed by atoms with Gasteiger partial charge in [0.25, 0.3) is 0 Å². The maximum atomic E-state index is 11.1. The summed E-state index contributed by atoms with van der Waals surface area (Å²) in [5, 5.41) is 8.97. The van der Waals surface area contributed by atoms with E-state index in [-0.39, 0.29) is 0 Å². The van der Waals surface area contributed by atoms with Crippen LogP contribution >= 0.6 is 0 Å². The summed E-state index contributed by atoms with van der Waals surface area (Å²) < 4.78 is 0. The van der Waals surface area contributed by atoms with E-state index in [4.69, 9.17) is 16.6 Å². The number of imide groups is 1. The number of hydrogen-bond acceptors (Lipinski definition) is 3. The predicted octanol–water partition coefficient (Wildman–Crippen LogP) is 0.948. The van der Waals surface area contributed by atoms with Gasteiger partial charge in [-0.3, -0.25) is 0 Å². The molecule has 0 aliphatic carbocycles. The lowest BCUT2D eigenvalue weighted by Gasteiger charge is -2.29. The first-order valence-electron chi connectivity index (χ1n) is 4.90. The number of primary amides is 1. The first-order chi connectivity index (χ1) is 7.95. The average molecular weight is 236 g/mol. The minimum Gasteiger partial charge on any atom is -0.465 e. The van der Waals surface area contributed by atoms with E-state index in [1.165, 1.54) is 0 Å². The number of benzene rings is 1. The van der Waals surface area contributed by atoms with Crippen LogP contribution in [0.15, 0.2) is 30.3 Å². The predicted molar refractivity (Wildman–Crippen MR) is 62.0 cm³/mol. The van der Waals surface area contributed by atoms with Gasteiger partial charge in [0.05, 0.1) is 6.04 Å². The number of nitrogens with zero attached hydrogens (tertiary/aromatic N) is 1. The minimum absolute atomic E-state index is 0.479. The quantitative estimate of drug-likeness (QED) is 0.725. The van der Waals surface area contributed by atoms with Crippen LogP contribution in [0.25, 0.3) is 0 Å². The van der Waals surface area contributed by atoms with Crippen LogP contribution in [-0.2, 0) is 0 Å². The van der Waals surface area contributed by atoms with Gasteiger partial charge in [-0.1, -0.05) is 30.3 Å². The van der Waals surface area contributed by atoms with Gasteiger partial charge in [-0.05, 0) is 12.5 Å². The summed E-state index contributed by atoms with van der Waals surface area (Å²) in [6.07, 6.45) is -1.45. The molecular formula is C11H14N3O3. The van der Waals surface area contributed by atoms with E-state index >= 15 is 0 Å². The molecule has 6 nitrogen and oxygen atoms in total. The van der Waals surface area contributed by atoms with E-state index in [2.05, 4.69) is 6.92 Å². The van der Waals surface area contributed by atoms with Crippen molar-refractivity contribution in [2.45, 2.75) is 12.1 Å². The SMILES string of the molecule is [CH2]C(N)C(c1ccccc1)N(C(N)=O)C(=O)O. The normalized spacial score (nSPS) is 13.8. The largest absolute Gasteiger partial charge is 0.465 e. The zero-order valence-electron chi connectivity index (χ0n) is 9.11. The zero-order chi connectivity index (χ0) is 13.0. The molecule has 6 heteroatoms. The molecule has 17 heavy (non-hydrogen) atoms. The Morgan fingerprint density at radius 1 is 1.29 bits per heavy atom. The maximum absolute atomic E-state index is 11.1. The number of hydrogen-bond donors (Lipinski definition) is 3. The van der Waals surface area contributed by atoms with Crippen LogP contribution in [0.4, 0.5) is 9.59 Å². The highest BCUT2D eigenvalue weighted by atomic mass is 16.4. The lowest BCUT2D eigenvalue weighted by atomic mass is 10.00. The molecule has 1 aromatic carbocycles. The van der Waals surface area contributed by atoms with Crippen LogP contribution in [0.2, 0.25) is 0 Å². The van der Waals surface area contributed by atoms with E-state index in [1.54, 1.807) is 30.3 Å². The van der Waals surface area contributed by atoms with Crippen LogP contribution < -0.4 is 11.5 Å². The number of carbonyl (C=O) groups excluding carboxylic acids is 1. The van der Waals surface area contributed by atoms with Crippen molar-refractivity contribution in [3.8, 4) is 0 Å². The molecule has 0 fully saturated rings. The molecule has 2 atom stereocenters. The molecule has 1 rings (SSSR count).